The molecular weight excluding hydrogens is 192 g/mol. The van der Waals surface area contributed by atoms with Crippen LogP contribution in [0.15, 0.2) is 30.3 Å². The zero-order valence-corrected chi connectivity index (χ0v) is 8.39. The van der Waals surface area contributed by atoms with Crippen molar-refractivity contribution in [3.8, 4) is 0 Å². The number of benzene rings is 1. The van der Waals surface area contributed by atoms with Gasteiger partial charge in [-0.1, -0.05) is 30.3 Å². The summed E-state index contributed by atoms with van der Waals surface area (Å²) in [4.78, 5) is 11.4. The van der Waals surface area contributed by atoms with E-state index in [4.69, 9.17) is 0 Å². The molecule has 2 atom stereocenters. The van der Waals surface area contributed by atoms with Crippen LogP contribution in [0.4, 0.5) is 0 Å². The highest BCUT2D eigenvalue weighted by Crippen LogP contribution is 2.41. The highest BCUT2D eigenvalue weighted by Gasteiger charge is 2.46. The van der Waals surface area contributed by atoms with Crippen molar-refractivity contribution in [1.29, 1.82) is 0 Å². The minimum absolute atomic E-state index is 0.326. The van der Waals surface area contributed by atoms with Crippen molar-refractivity contribution in [3.05, 3.63) is 35.9 Å². The van der Waals surface area contributed by atoms with Gasteiger partial charge < -0.3 is 10.2 Å². The maximum absolute atomic E-state index is 11.4. The summed E-state index contributed by atoms with van der Waals surface area (Å²) in [6.07, 6.45) is 0.933. The third kappa shape index (κ3) is 1.63. The predicted molar refractivity (Wildman–Crippen MR) is 55.6 cm³/mol. The SMILES string of the molecule is O=C(O)[C@@]1(c2ccccc2)CC[C@H](O)C1. The highest BCUT2D eigenvalue weighted by atomic mass is 16.4. The Labute approximate surface area is 88.4 Å². The van der Waals surface area contributed by atoms with Crippen molar-refractivity contribution in [1.82, 2.24) is 0 Å². The predicted octanol–water partition coefficient (Wildman–Crippen LogP) is 1.55. The smallest absolute Gasteiger partial charge is 0.314 e. The van der Waals surface area contributed by atoms with E-state index in [0.717, 1.165) is 5.56 Å². The minimum atomic E-state index is -0.874. The number of hydrogen-bond donors (Lipinski definition) is 2. The lowest BCUT2D eigenvalue weighted by Crippen LogP contribution is -2.33. The lowest BCUT2D eigenvalue weighted by atomic mass is 9.79. The molecular formula is C12H14O3. The molecule has 3 heteroatoms. The first-order valence-electron chi connectivity index (χ1n) is 5.12. The fraction of sp³-hybridized carbons (Fsp3) is 0.417. The second kappa shape index (κ2) is 3.66. The molecule has 2 N–H and O–H groups in total. The molecule has 0 aromatic heterocycles. The van der Waals surface area contributed by atoms with Gasteiger partial charge in [-0.3, -0.25) is 4.79 Å². The van der Waals surface area contributed by atoms with Crippen LogP contribution in [0.25, 0.3) is 0 Å². The van der Waals surface area contributed by atoms with Crippen LogP contribution >= 0.6 is 0 Å². The number of rotatable bonds is 2. The molecule has 1 saturated carbocycles. The fourth-order valence-electron chi connectivity index (χ4n) is 2.36. The first-order valence-corrected chi connectivity index (χ1v) is 5.12. The first kappa shape index (κ1) is 10.2. The van der Waals surface area contributed by atoms with Crippen LogP contribution in [-0.2, 0) is 10.2 Å². The van der Waals surface area contributed by atoms with Crippen LogP contribution in [0.3, 0.4) is 0 Å². The second-order valence-electron chi connectivity index (χ2n) is 4.15. The van der Waals surface area contributed by atoms with Crippen LogP contribution in [0.1, 0.15) is 24.8 Å². The van der Waals surface area contributed by atoms with Crippen LogP contribution < -0.4 is 0 Å². The van der Waals surface area contributed by atoms with Crippen LogP contribution in [0.2, 0.25) is 0 Å². The zero-order chi connectivity index (χ0) is 10.9. The van der Waals surface area contributed by atoms with E-state index in [1.807, 2.05) is 30.3 Å². The topological polar surface area (TPSA) is 57.5 Å². The largest absolute Gasteiger partial charge is 0.481 e. The number of aliphatic hydroxyl groups is 1. The molecule has 80 valence electrons. The van der Waals surface area contributed by atoms with E-state index in [0.29, 0.717) is 19.3 Å². The summed E-state index contributed by atoms with van der Waals surface area (Å²) in [5, 5.41) is 18.8. The van der Waals surface area contributed by atoms with Crippen LogP contribution in [0, 0.1) is 0 Å². The number of aliphatic carboxylic acids is 1. The second-order valence-corrected chi connectivity index (χ2v) is 4.15. The summed E-state index contributed by atoms with van der Waals surface area (Å²) in [6.45, 7) is 0. The summed E-state index contributed by atoms with van der Waals surface area (Å²) in [5.74, 6) is -0.828. The Morgan fingerprint density at radius 3 is 2.47 bits per heavy atom. The molecule has 0 bridgehead atoms. The van der Waals surface area contributed by atoms with Gasteiger partial charge in [-0.15, -0.1) is 0 Å². The van der Waals surface area contributed by atoms with E-state index in [1.54, 1.807) is 0 Å². The van der Waals surface area contributed by atoms with E-state index < -0.39 is 17.5 Å². The van der Waals surface area contributed by atoms with Crippen molar-refractivity contribution in [2.75, 3.05) is 0 Å². The van der Waals surface area contributed by atoms with E-state index in [2.05, 4.69) is 0 Å². The third-order valence-electron chi connectivity index (χ3n) is 3.22. The summed E-state index contributed by atoms with van der Waals surface area (Å²) >= 11 is 0. The molecule has 0 unspecified atom stereocenters. The van der Waals surface area contributed by atoms with Gasteiger partial charge in [0.2, 0.25) is 0 Å². The Kier molecular flexibility index (Phi) is 2.49. The van der Waals surface area contributed by atoms with Crippen molar-refractivity contribution in [2.45, 2.75) is 30.8 Å². The average molecular weight is 206 g/mol. The number of carboxylic acids is 1. The number of carbonyl (C=O) groups is 1. The number of carboxylic acid groups (broad SMARTS) is 1. The molecule has 15 heavy (non-hydrogen) atoms. The Bertz CT molecular complexity index is 360. The van der Waals surface area contributed by atoms with E-state index in [9.17, 15) is 15.0 Å². The number of aliphatic hydroxyl groups excluding tert-OH is 1. The lowest BCUT2D eigenvalue weighted by molar-refractivity contribution is -0.144. The molecule has 0 radical (unpaired) electrons. The Morgan fingerprint density at radius 2 is 2.00 bits per heavy atom. The molecule has 3 nitrogen and oxygen atoms in total. The molecule has 0 amide bonds. The molecule has 1 fully saturated rings. The minimum Gasteiger partial charge on any atom is -0.481 e. The van der Waals surface area contributed by atoms with Gasteiger partial charge in [0.25, 0.3) is 0 Å². The highest BCUT2D eigenvalue weighted by molar-refractivity contribution is 5.82. The van der Waals surface area contributed by atoms with Gasteiger partial charge in [-0.2, -0.15) is 0 Å². The van der Waals surface area contributed by atoms with Crippen molar-refractivity contribution >= 4 is 5.97 Å². The van der Waals surface area contributed by atoms with Gasteiger partial charge in [0, 0.05) is 0 Å². The first-order chi connectivity index (χ1) is 7.15. The number of hydrogen-bond acceptors (Lipinski definition) is 2. The van der Waals surface area contributed by atoms with E-state index in [-0.39, 0.29) is 0 Å². The summed E-state index contributed by atoms with van der Waals surface area (Å²) in [7, 11) is 0. The molecule has 1 aliphatic rings. The normalized spacial score (nSPS) is 30.3. The fourth-order valence-corrected chi connectivity index (χ4v) is 2.36. The monoisotopic (exact) mass is 206 g/mol. The van der Waals surface area contributed by atoms with Gasteiger partial charge >= 0.3 is 5.97 Å². The van der Waals surface area contributed by atoms with Gasteiger partial charge in [-0.25, -0.2) is 0 Å². The maximum atomic E-state index is 11.4. The average Bonchev–Trinajstić information content (AvgIpc) is 2.63. The van der Waals surface area contributed by atoms with Gasteiger partial charge in [0.1, 0.15) is 0 Å². The Balaban J connectivity index is 2.41. The van der Waals surface area contributed by atoms with Gasteiger partial charge in [0.05, 0.1) is 11.5 Å². The Hall–Kier alpha value is -1.35. The maximum Gasteiger partial charge on any atom is 0.314 e. The van der Waals surface area contributed by atoms with Crippen LogP contribution in [0.5, 0.6) is 0 Å². The molecule has 0 saturated heterocycles. The molecule has 2 rings (SSSR count). The Morgan fingerprint density at radius 1 is 1.33 bits per heavy atom. The molecule has 1 aliphatic carbocycles. The zero-order valence-electron chi connectivity index (χ0n) is 8.39. The molecule has 1 aromatic rings. The molecule has 0 heterocycles. The van der Waals surface area contributed by atoms with Crippen molar-refractivity contribution in [3.63, 3.8) is 0 Å². The third-order valence-corrected chi connectivity index (χ3v) is 3.22. The summed E-state index contributed by atoms with van der Waals surface area (Å²) in [5.41, 5.74) is -0.0743. The van der Waals surface area contributed by atoms with Crippen molar-refractivity contribution in [2.24, 2.45) is 0 Å². The van der Waals surface area contributed by atoms with Crippen molar-refractivity contribution < 1.29 is 15.0 Å². The summed E-state index contributed by atoms with van der Waals surface area (Å²) in [6, 6.07) is 9.19. The lowest BCUT2D eigenvalue weighted by Gasteiger charge is -2.24. The standard InChI is InChI=1S/C12H14O3/c13-10-6-7-12(8-10,11(14)15)9-4-2-1-3-5-9/h1-5,10,13H,6-8H2,(H,14,15)/t10-,12-/m0/s1. The molecule has 1 aromatic carbocycles. The van der Waals surface area contributed by atoms with E-state index >= 15 is 0 Å². The molecule has 0 spiro atoms. The van der Waals surface area contributed by atoms with Crippen LogP contribution in [-0.4, -0.2) is 22.3 Å². The van der Waals surface area contributed by atoms with Gasteiger partial charge in [-0.05, 0) is 24.8 Å². The quantitative estimate of drug-likeness (QED) is 0.772. The van der Waals surface area contributed by atoms with Gasteiger partial charge in [0.15, 0.2) is 0 Å². The van der Waals surface area contributed by atoms with E-state index in [1.165, 1.54) is 0 Å². The molecule has 0 aliphatic heterocycles. The summed E-state index contributed by atoms with van der Waals surface area (Å²) < 4.78 is 0.